The van der Waals surface area contributed by atoms with Gasteiger partial charge in [0.25, 0.3) is 0 Å². The van der Waals surface area contributed by atoms with Crippen LogP contribution in [-0.2, 0) is 26.0 Å². The van der Waals surface area contributed by atoms with Gasteiger partial charge in [-0.3, -0.25) is 4.79 Å². The number of esters is 1. The lowest BCUT2D eigenvalue weighted by Gasteiger charge is -2.30. The Morgan fingerprint density at radius 3 is 2.61 bits per heavy atom. The van der Waals surface area contributed by atoms with Crippen molar-refractivity contribution in [2.45, 2.75) is 44.9 Å². The molecule has 0 unspecified atom stereocenters. The van der Waals surface area contributed by atoms with E-state index in [-0.39, 0.29) is 29.9 Å². The fourth-order valence-electron chi connectivity index (χ4n) is 3.26. The van der Waals surface area contributed by atoms with Crippen LogP contribution in [0.3, 0.4) is 0 Å². The number of nitrogens with zero attached hydrogens (tertiary/aromatic N) is 3. The van der Waals surface area contributed by atoms with E-state index in [1.165, 1.54) is 4.31 Å². The number of carbonyl (C=O) groups is 1. The maximum atomic E-state index is 13.2. The van der Waals surface area contributed by atoms with Crippen molar-refractivity contribution in [1.29, 1.82) is 0 Å². The zero-order valence-corrected chi connectivity index (χ0v) is 17.2. The number of hydrogen-bond acceptors (Lipinski definition) is 7. The Hall–Kier alpha value is -2.26. The summed E-state index contributed by atoms with van der Waals surface area (Å²) in [6.45, 7) is 6.34. The van der Waals surface area contributed by atoms with Gasteiger partial charge in [0.05, 0.1) is 17.4 Å². The molecule has 0 spiro atoms. The first-order valence-corrected chi connectivity index (χ1v) is 10.9. The largest absolute Gasteiger partial charge is 0.466 e. The van der Waals surface area contributed by atoms with Crippen molar-refractivity contribution in [2.75, 3.05) is 19.7 Å². The third-order valence-electron chi connectivity index (χ3n) is 4.91. The van der Waals surface area contributed by atoms with Gasteiger partial charge in [0.1, 0.15) is 0 Å². The summed E-state index contributed by atoms with van der Waals surface area (Å²) in [7, 11) is -3.69. The molecule has 8 nitrogen and oxygen atoms in total. The first-order chi connectivity index (χ1) is 13.4. The molecule has 0 saturated carbocycles. The Kier molecular flexibility index (Phi) is 6.14. The van der Waals surface area contributed by atoms with Crippen molar-refractivity contribution >= 4 is 16.0 Å². The van der Waals surface area contributed by atoms with Crippen LogP contribution in [0, 0.1) is 12.8 Å². The maximum Gasteiger partial charge on any atom is 0.309 e. The predicted octanol–water partition coefficient (Wildman–Crippen LogP) is 2.57. The van der Waals surface area contributed by atoms with Crippen LogP contribution in [0.2, 0.25) is 0 Å². The number of aryl methyl sites for hydroxylation is 2. The molecule has 0 bridgehead atoms. The highest BCUT2D eigenvalue weighted by atomic mass is 32.2. The maximum absolute atomic E-state index is 13.2. The number of rotatable bonds is 6. The molecule has 1 fully saturated rings. The number of aromatic nitrogens is 2. The zero-order chi connectivity index (χ0) is 20.3. The average Bonchev–Trinajstić information content (AvgIpc) is 3.18. The fraction of sp³-hybridized carbons (Fsp3) is 0.526. The molecule has 0 N–H and O–H groups in total. The molecule has 152 valence electrons. The highest BCUT2D eigenvalue weighted by Crippen LogP contribution is 2.29. The molecular weight excluding hydrogens is 382 g/mol. The molecule has 28 heavy (non-hydrogen) atoms. The zero-order valence-electron chi connectivity index (χ0n) is 16.3. The Labute approximate surface area is 164 Å². The third-order valence-corrected chi connectivity index (χ3v) is 6.95. The summed E-state index contributed by atoms with van der Waals surface area (Å²) in [4.78, 5) is 16.4. The molecule has 2 heterocycles. The van der Waals surface area contributed by atoms with E-state index in [1.54, 1.807) is 32.0 Å². The molecule has 1 saturated heterocycles. The fourth-order valence-corrected chi connectivity index (χ4v) is 4.98. The van der Waals surface area contributed by atoms with Crippen LogP contribution in [0.1, 0.15) is 38.1 Å². The van der Waals surface area contributed by atoms with Crippen LogP contribution >= 0.6 is 0 Å². The quantitative estimate of drug-likeness (QED) is 0.678. The minimum atomic E-state index is -3.69. The Bertz CT molecular complexity index is 946. The molecule has 1 aliphatic heterocycles. The first-order valence-electron chi connectivity index (χ1n) is 9.47. The summed E-state index contributed by atoms with van der Waals surface area (Å²) >= 11 is 0. The molecular formula is C19H25N3O5S. The van der Waals surface area contributed by atoms with E-state index < -0.39 is 10.0 Å². The van der Waals surface area contributed by atoms with Crippen LogP contribution in [0.15, 0.2) is 27.6 Å². The number of sulfonamides is 1. The van der Waals surface area contributed by atoms with Gasteiger partial charge < -0.3 is 9.26 Å². The smallest absolute Gasteiger partial charge is 0.309 e. The van der Waals surface area contributed by atoms with Gasteiger partial charge in [-0.05, 0) is 38.3 Å². The monoisotopic (exact) mass is 407 g/mol. The standard InChI is InChI=1S/C19H25N3O5S/c1-4-17-20-18(21-27-17)15-7-6-13(3)16(12-15)28(24,25)22-10-8-14(9-11-22)19(23)26-5-2/h6-7,12,14H,4-5,8-11H2,1-3H3. The van der Waals surface area contributed by atoms with Gasteiger partial charge in [0.15, 0.2) is 0 Å². The molecule has 1 aliphatic rings. The van der Waals surface area contributed by atoms with Crippen molar-refractivity contribution < 1.29 is 22.5 Å². The van der Waals surface area contributed by atoms with E-state index in [0.717, 1.165) is 0 Å². The lowest BCUT2D eigenvalue weighted by molar-refractivity contribution is -0.149. The van der Waals surface area contributed by atoms with Gasteiger partial charge in [-0.25, -0.2) is 8.42 Å². The van der Waals surface area contributed by atoms with Gasteiger partial charge in [0.2, 0.25) is 21.7 Å². The molecule has 9 heteroatoms. The van der Waals surface area contributed by atoms with E-state index >= 15 is 0 Å². The minimum Gasteiger partial charge on any atom is -0.466 e. The summed E-state index contributed by atoms with van der Waals surface area (Å²) in [5, 5.41) is 3.92. The van der Waals surface area contributed by atoms with Crippen molar-refractivity contribution in [2.24, 2.45) is 5.92 Å². The predicted molar refractivity (Wildman–Crippen MR) is 102 cm³/mol. The van der Waals surface area contributed by atoms with E-state index in [4.69, 9.17) is 9.26 Å². The van der Waals surface area contributed by atoms with E-state index in [2.05, 4.69) is 10.1 Å². The van der Waals surface area contributed by atoms with Crippen LogP contribution in [0.25, 0.3) is 11.4 Å². The molecule has 2 aromatic rings. The Morgan fingerprint density at radius 2 is 2.00 bits per heavy atom. The molecule has 0 amide bonds. The van der Waals surface area contributed by atoms with E-state index in [0.29, 0.717) is 48.7 Å². The SMILES string of the molecule is CCOC(=O)C1CCN(S(=O)(=O)c2cc(-c3noc(CC)n3)ccc2C)CC1. The van der Waals surface area contributed by atoms with Gasteiger partial charge in [-0.2, -0.15) is 9.29 Å². The summed E-state index contributed by atoms with van der Waals surface area (Å²) in [6, 6.07) is 5.12. The lowest BCUT2D eigenvalue weighted by atomic mass is 9.98. The number of piperidine rings is 1. The topological polar surface area (TPSA) is 103 Å². The van der Waals surface area contributed by atoms with Crippen LogP contribution < -0.4 is 0 Å². The minimum absolute atomic E-state index is 0.224. The molecule has 0 aliphatic carbocycles. The second kappa shape index (κ2) is 8.40. The Morgan fingerprint density at radius 1 is 1.29 bits per heavy atom. The second-order valence-electron chi connectivity index (χ2n) is 6.78. The lowest BCUT2D eigenvalue weighted by Crippen LogP contribution is -2.40. The van der Waals surface area contributed by atoms with Crippen LogP contribution in [0.4, 0.5) is 0 Å². The van der Waals surface area contributed by atoms with Crippen LogP contribution in [-0.4, -0.2) is 48.5 Å². The van der Waals surface area contributed by atoms with Gasteiger partial charge in [-0.15, -0.1) is 0 Å². The first kappa shape index (κ1) is 20.5. The van der Waals surface area contributed by atoms with Gasteiger partial charge >= 0.3 is 5.97 Å². The van der Waals surface area contributed by atoms with Crippen molar-refractivity contribution in [1.82, 2.24) is 14.4 Å². The molecule has 1 aromatic heterocycles. The molecule has 0 atom stereocenters. The molecule has 0 radical (unpaired) electrons. The molecule has 1 aromatic carbocycles. The number of benzene rings is 1. The van der Waals surface area contributed by atoms with E-state index in [1.807, 2.05) is 6.92 Å². The van der Waals surface area contributed by atoms with Crippen molar-refractivity contribution in [3.05, 3.63) is 29.7 Å². The van der Waals surface area contributed by atoms with Crippen LogP contribution in [0.5, 0.6) is 0 Å². The number of carbonyl (C=O) groups excluding carboxylic acids is 1. The highest BCUT2D eigenvalue weighted by Gasteiger charge is 2.33. The third kappa shape index (κ3) is 4.10. The molecule has 3 rings (SSSR count). The number of ether oxygens (including phenoxy) is 1. The number of hydrogen-bond donors (Lipinski definition) is 0. The van der Waals surface area contributed by atoms with Gasteiger partial charge in [0, 0.05) is 25.1 Å². The van der Waals surface area contributed by atoms with E-state index in [9.17, 15) is 13.2 Å². The summed E-state index contributed by atoms with van der Waals surface area (Å²) in [5.74, 6) is 0.377. The second-order valence-corrected chi connectivity index (χ2v) is 8.68. The summed E-state index contributed by atoms with van der Waals surface area (Å²) < 4.78 is 38.0. The Balaban J connectivity index is 1.82. The van der Waals surface area contributed by atoms with Crippen molar-refractivity contribution in [3.8, 4) is 11.4 Å². The summed E-state index contributed by atoms with van der Waals surface area (Å²) in [6.07, 6.45) is 1.53. The summed E-state index contributed by atoms with van der Waals surface area (Å²) in [5.41, 5.74) is 1.24. The van der Waals surface area contributed by atoms with Gasteiger partial charge in [-0.1, -0.05) is 24.2 Å². The average molecular weight is 407 g/mol. The highest BCUT2D eigenvalue weighted by molar-refractivity contribution is 7.89. The van der Waals surface area contributed by atoms with Crippen molar-refractivity contribution in [3.63, 3.8) is 0 Å². The normalized spacial score (nSPS) is 16.2.